The molecule has 0 amide bonds. The van der Waals surface area contributed by atoms with Crippen LogP contribution in [0.3, 0.4) is 0 Å². The quantitative estimate of drug-likeness (QED) is 0.207. The van der Waals surface area contributed by atoms with Crippen LogP contribution in [0.15, 0.2) is 106 Å². The van der Waals surface area contributed by atoms with Crippen molar-refractivity contribution in [2.24, 2.45) is 0 Å². The summed E-state index contributed by atoms with van der Waals surface area (Å²) in [4.78, 5) is 3.19. The third kappa shape index (κ3) is 5.96. The van der Waals surface area contributed by atoms with Crippen molar-refractivity contribution in [3.05, 3.63) is 119 Å². The third-order valence-corrected chi connectivity index (χ3v) is 7.84. The molecule has 0 saturated heterocycles. The normalized spacial score (nSPS) is 11.2. The molecular weight excluding hydrogens is 451 g/mol. The number of aryl methyl sites for hydroxylation is 3. The summed E-state index contributed by atoms with van der Waals surface area (Å²) in [6.07, 6.45) is 0. The lowest BCUT2D eigenvalue weighted by atomic mass is 9.99. The first-order chi connectivity index (χ1) is 16.7. The van der Waals surface area contributed by atoms with E-state index in [0.717, 1.165) is 31.4 Å². The topological polar surface area (TPSA) is 9.23 Å². The maximum atomic E-state index is 15.3. The van der Waals surface area contributed by atoms with Crippen molar-refractivity contribution in [1.82, 2.24) is 0 Å². The van der Waals surface area contributed by atoms with E-state index in [1.807, 2.05) is 56.3 Å². The van der Waals surface area contributed by atoms with Crippen molar-refractivity contribution in [2.75, 3.05) is 0 Å². The van der Waals surface area contributed by atoms with Crippen molar-refractivity contribution in [3.8, 4) is 17.6 Å². The van der Waals surface area contributed by atoms with Crippen molar-refractivity contribution < 1.29 is 9.13 Å². The van der Waals surface area contributed by atoms with Crippen LogP contribution in [0.25, 0.3) is 0 Å². The molecule has 176 valence electrons. The smallest absolute Gasteiger partial charge is 0.170 e. The molecule has 0 aromatic heterocycles. The minimum Gasteiger partial charge on any atom is -0.472 e. The van der Waals surface area contributed by atoms with Crippen LogP contribution in [0.1, 0.15) is 36.1 Å². The van der Waals surface area contributed by atoms with Crippen LogP contribution >= 0.6 is 0 Å². The fourth-order valence-electron chi connectivity index (χ4n) is 4.10. The molecule has 4 aromatic rings. The highest BCUT2D eigenvalue weighted by Crippen LogP contribution is 2.34. The second kappa shape index (κ2) is 10.4. The highest BCUT2D eigenvalue weighted by molar-refractivity contribution is 7.97. The summed E-state index contributed by atoms with van der Waals surface area (Å²) in [7, 11) is -0.415. The minimum absolute atomic E-state index is 0.204. The number of halogens is 1. The molecule has 35 heavy (non-hydrogen) atoms. The molecule has 0 radical (unpaired) electrons. The van der Waals surface area contributed by atoms with Gasteiger partial charge >= 0.3 is 0 Å². The zero-order chi connectivity index (χ0) is 25.0. The van der Waals surface area contributed by atoms with Gasteiger partial charge < -0.3 is 4.74 Å². The fraction of sp³-hybridized carbons (Fsp3) is 0.188. The van der Waals surface area contributed by atoms with Crippen LogP contribution in [0, 0.1) is 38.4 Å². The van der Waals surface area contributed by atoms with E-state index in [0.29, 0.717) is 0 Å². The molecule has 0 atom stereocenters. The second-order valence-electron chi connectivity index (χ2n) is 9.16. The first-order valence-electron chi connectivity index (χ1n) is 11.7. The number of ether oxygens (including phenoxy) is 1. The van der Waals surface area contributed by atoms with Crippen molar-refractivity contribution >= 4 is 10.9 Å². The SMILES string of the molecule is Cc1cc(C)c(C#CC(C)(C)Oc2ccc([S+](c3ccccc3)c3ccccc3)cc2F)c(C)c1. The molecule has 0 unspecified atom stereocenters. The molecule has 0 aliphatic heterocycles. The Morgan fingerprint density at radius 1 is 0.714 bits per heavy atom. The van der Waals surface area contributed by atoms with Gasteiger partial charge in [0.25, 0.3) is 0 Å². The fourth-order valence-corrected chi connectivity index (χ4v) is 6.20. The van der Waals surface area contributed by atoms with E-state index in [4.69, 9.17) is 4.74 Å². The molecule has 0 fully saturated rings. The molecule has 0 bridgehead atoms. The Labute approximate surface area is 211 Å². The maximum absolute atomic E-state index is 15.3. The molecule has 0 spiro atoms. The predicted octanol–water partition coefficient (Wildman–Crippen LogP) is 8.06. The lowest BCUT2D eigenvalue weighted by molar-refractivity contribution is 0.164. The average Bonchev–Trinajstić information content (AvgIpc) is 2.81. The van der Waals surface area contributed by atoms with Gasteiger partial charge in [-0.3, -0.25) is 0 Å². The highest BCUT2D eigenvalue weighted by atomic mass is 32.2. The lowest BCUT2D eigenvalue weighted by Gasteiger charge is -2.21. The van der Waals surface area contributed by atoms with Crippen molar-refractivity contribution in [1.29, 1.82) is 0 Å². The van der Waals surface area contributed by atoms with E-state index in [9.17, 15) is 0 Å². The molecule has 0 heterocycles. The Hall–Kier alpha value is -3.48. The number of benzene rings is 4. The Bertz CT molecular complexity index is 1320. The predicted molar refractivity (Wildman–Crippen MR) is 144 cm³/mol. The summed E-state index contributed by atoms with van der Waals surface area (Å²) >= 11 is 0. The van der Waals surface area contributed by atoms with E-state index >= 15 is 4.39 Å². The molecule has 0 aliphatic rings. The van der Waals surface area contributed by atoms with E-state index in [2.05, 4.69) is 69.0 Å². The van der Waals surface area contributed by atoms with Gasteiger partial charge in [0.1, 0.15) is 0 Å². The van der Waals surface area contributed by atoms with Crippen LogP contribution in [-0.4, -0.2) is 5.60 Å². The average molecular weight is 482 g/mol. The van der Waals surface area contributed by atoms with Gasteiger partial charge in [0, 0.05) is 11.6 Å². The highest BCUT2D eigenvalue weighted by Gasteiger charge is 2.30. The summed E-state index contributed by atoms with van der Waals surface area (Å²) in [5.74, 6) is 6.29. The van der Waals surface area contributed by atoms with E-state index in [1.54, 1.807) is 12.1 Å². The monoisotopic (exact) mass is 481 g/mol. The molecule has 4 rings (SSSR count). The Morgan fingerprint density at radius 2 is 1.26 bits per heavy atom. The number of hydrogen-bond donors (Lipinski definition) is 0. The van der Waals surface area contributed by atoms with E-state index < -0.39 is 16.5 Å². The molecular formula is C32H30FOS+. The lowest BCUT2D eigenvalue weighted by Crippen LogP contribution is -2.26. The second-order valence-corrected chi connectivity index (χ2v) is 11.2. The Morgan fingerprint density at radius 3 is 1.77 bits per heavy atom. The third-order valence-electron chi connectivity index (χ3n) is 5.63. The zero-order valence-electron chi connectivity index (χ0n) is 20.9. The van der Waals surface area contributed by atoms with Gasteiger partial charge in [0.05, 0.1) is 10.9 Å². The molecule has 1 nitrogen and oxygen atoms in total. The summed E-state index contributed by atoms with van der Waals surface area (Å²) in [5.41, 5.74) is 3.63. The molecule has 4 aromatic carbocycles. The van der Waals surface area contributed by atoms with Gasteiger partial charge in [0.2, 0.25) is 0 Å². The standard InChI is InChI=1S/C32H30FOS/c1-23-20-24(2)29(25(3)21-23)18-19-32(4,5)34-31-17-16-28(22-30(31)33)35(26-12-8-6-9-13-26)27-14-10-7-11-15-27/h6-17,20-22H,1-5H3/q+1. The van der Waals surface area contributed by atoms with E-state index in [1.165, 1.54) is 5.56 Å². The van der Waals surface area contributed by atoms with Crippen molar-refractivity contribution in [2.45, 2.75) is 54.9 Å². The van der Waals surface area contributed by atoms with Gasteiger partial charge in [0.15, 0.2) is 31.9 Å². The first-order valence-corrected chi connectivity index (χ1v) is 12.9. The van der Waals surface area contributed by atoms with Crippen LogP contribution in [-0.2, 0) is 10.9 Å². The first kappa shape index (κ1) is 24.6. The maximum Gasteiger partial charge on any atom is 0.170 e. The summed E-state index contributed by atoms with van der Waals surface area (Å²) in [5, 5.41) is 0. The van der Waals surface area contributed by atoms with Gasteiger partial charge in [-0.15, -0.1) is 0 Å². The number of rotatable bonds is 5. The van der Waals surface area contributed by atoms with Crippen LogP contribution in [0.5, 0.6) is 5.75 Å². The zero-order valence-corrected chi connectivity index (χ0v) is 21.7. The van der Waals surface area contributed by atoms with Crippen LogP contribution < -0.4 is 4.74 Å². The Kier molecular flexibility index (Phi) is 7.34. The Balaban J connectivity index is 1.63. The van der Waals surface area contributed by atoms with Gasteiger partial charge in [-0.2, -0.15) is 0 Å². The summed E-state index contributed by atoms with van der Waals surface area (Å²) in [6.45, 7) is 9.94. The van der Waals surface area contributed by atoms with Gasteiger partial charge in [-0.25, -0.2) is 4.39 Å². The molecule has 0 N–H and O–H groups in total. The number of hydrogen-bond acceptors (Lipinski definition) is 1. The van der Waals surface area contributed by atoms with Crippen LogP contribution in [0.4, 0.5) is 4.39 Å². The summed E-state index contributed by atoms with van der Waals surface area (Å²) in [6, 6.07) is 30.0. The largest absolute Gasteiger partial charge is 0.472 e. The summed E-state index contributed by atoms with van der Waals surface area (Å²) < 4.78 is 21.4. The minimum atomic E-state index is -0.854. The van der Waals surface area contributed by atoms with Crippen LogP contribution in [0.2, 0.25) is 0 Å². The molecule has 3 heteroatoms. The van der Waals surface area contributed by atoms with Gasteiger partial charge in [-0.05, 0) is 82.1 Å². The van der Waals surface area contributed by atoms with E-state index in [-0.39, 0.29) is 11.6 Å². The van der Waals surface area contributed by atoms with Gasteiger partial charge in [-0.1, -0.05) is 65.9 Å². The van der Waals surface area contributed by atoms with Crippen molar-refractivity contribution in [3.63, 3.8) is 0 Å². The molecule has 0 saturated carbocycles. The molecule has 0 aliphatic carbocycles.